The molecule has 1 atom stereocenters. The van der Waals surface area contributed by atoms with Gasteiger partial charge in [0, 0.05) is 15.3 Å². The Hall–Kier alpha value is -1.39. The monoisotopic (exact) mass is 288 g/mol. The lowest BCUT2D eigenvalue weighted by Gasteiger charge is -2.14. The van der Waals surface area contributed by atoms with Gasteiger partial charge in [-0.05, 0) is 55.8 Å². The molecule has 0 fully saturated rings. The van der Waals surface area contributed by atoms with Crippen LogP contribution in [0.2, 0.25) is 0 Å². The van der Waals surface area contributed by atoms with Crippen LogP contribution in [0.5, 0.6) is 0 Å². The Labute approximate surface area is 121 Å². The lowest BCUT2D eigenvalue weighted by atomic mass is 10.2. The van der Waals surface area contributed by atoms with E-state index in [2.05, 4.69) is 60.7 Å². The van der Waals surface area contributed by atoms with Gasteiger partial charge in [-0.3, -0.25) is 0 Å². The molecule has 2 aromatic heterocycles. The van der Waals surface area contributed by atoms with Crippen LogP contribution in [0.3, 0.4) is 0 Å². The molecule has 1 aromatic carbocycles. The average molecular weight is 288 g/mol. The van der Waals surface area contributed by atoms with E-state index in [1.807, 2.05) is 0 Å². The first-order valence-electron chi connectivity index (χ1n) is 6.31. The van der Waals surface area contributed by atoms with Crippen LogP contribution in [0.4, 0.5) is 5.69 Å². The first kappa shape index (κ1) is 12.6. The number of hydrogen-bond acceptors (Lipinski definition) is 4. The Morgan fingerprint density at radius 1 is 1.21 bits per heavy atom. The number of fused-ring (bicyclic) bond motifs is 1. The summed E-state index contributed by atoms with van der Waals surface area (Å²) in [5, 5.41) is 8.11. The van der Waals surface area contributed by atoms with Gasteiger partial charge in [0.25, 0.3) is 0 Å². The lowest BCUT2D eigenvalue weighted by molar-refractivity contribution is 0.837. The van der Waals surface area contributed by atoms with E-state index in [0.717, 1.165) is 16.4 Å². The van der Waals surface area contributed by atoms with E-state index in [9.17, 15) is 0 Å². The normalized spacial score (nSPS) is 12.8. The van der Waals surface area contributed by atoms with Gasteiger partial charge in [0.2, 0.25) is 0 Å². The molecule has 98 valence electrons. The molecule has 2 heterocycles. The quantitative estimate of drug-likeness (QED) is 0.721. The van der Waals surface area contributed by atoms with Gasteiger partial charge in [0.05, 0.1) is 16.7 Å². The number of anilines is 1. The molecule has 4 heteroatoms. The Kier molecular flexibility index (Phi) is 3.29. The summed E-state index contributed by atoms with van der Waals surface area (Å²) < 4.78 is 1.33. The highest BCUT2D eigenvalue weighted by Crippen LogP contribution is 2.28. The molecule has 1 unspecified atom stereocenters. The van der Waals surface area contributed by atoms with Crippen LogP contribution in [0, 0.1) is 13.8 Å². The molecular weight excluding hydrogens is 272 g/mol. The highest BCUT2D eigenvalue weighted by Gasteiger charge is 2.13. The van der Waals surface area contributed by atoms with Gasteiger partial charge in [-0.15, -0.1) is 22.7 Å². The van der Waals surface area contributed by atoms with Gasteiger partial charge in [-0.25, -0.2) is 4.98 Å². The molecule has 0 saturated carbocycles. The van der Waals surface area contributed by atoms with Crippen molar-refractivity contribution in [1.82, 2.24) is 4.98 Å². The summed E-state index contributed by atoms with van der Waals surface area (Å²) in [6.07, 6.45) is 0. The van der Waals surface area contributed by atoms with Crippen molar-refractivity contribution < 1.29 is 0 Å². The minimum absolute atomic E-state index is 0.237. The molecule has 0 bridgehead atoms. The molecule has 0 aliphatic rings. The van der Waals surface area contributed by atoms with E-state index in [0.29, 0.717) is 0 Å². The van der Waals surface area contributed by atoms with Crippen molar-refractivity contribution in [3.8, 4) is 0 Å². The van der Waals surface area contributed by atoms with Crippen LogP contribution < -0.4 is 5.32 Å². The topological polar surface area (TPSA) is 24.9 Å². The van der Waals surface area contributed by atoms with Crippen molar-refractivity contribution in [3.63, 3.8) is 0 Å². The van der Waals surface area contributed by atoms with Crippen LogP contribution in [0.15, 0.2) is 29.6 Å². The third-order valence-corrected chi connectivity index (χ3v) is 4.99. The zero-order valence-corrected chi connectivity index (χ0v) is 12.9. The smallest absolute Gasteiger partial charge is 0.0901 e. The fraction of sp³-hybridized carbons (Fsp3) is 0.267. The van der Waals surface area contributed by atoms with Crippen molar-refractivity contribution in [2.24, 2.45) is 0 Å². The van der Waals surface area contributed by atoms with Crippen LogP contribution >= 0.6 is 22.7 Å². The first-order valence-corrected chi connectivity index (χ1v) is 8.01. The Morgan fingerprint density at radius 2 is 2.05 bits per heavy atom. The molecule has 19 heavy (non-hydrogen) atoms. The molecule has 0 spiro atoms. The molecule has 0 radical (unpaired) electrons. The number of nitrogens with zero attached hydrogens (tertiary/aromatic N) is 1. The largest absolute Gasteiger partial charge is 0.377 e. The van der Waals surface area contributed by atoms with Gasteiger partial charge in [0.1, 0.15) is 0 Å². The number of hydrogen-bond donors (Lipinski definition) is 1. The zero-order chi connectivity index (χ0) is 13.4. The van der Waals surface area contributed by atoms with Gasteiger partial charge >= 0.3 is 0 Å². The fourth-order valence-electron chi connectivity index (χ4n) is 2.32. The summed E-state index contributed by atoms with van der Waals surface area (Å²) in [7, 11) is 0. The summed E-state index contributed by atoms with van der Waals surface area (Å²) in [5.41, 5.74) is 2.32. The molecule has 0 aliphatic carbocycles. The van der Waals surface area contributed by atoms with Gasteiger partial charge in [0.15, 0.2) is 0 Å². The summed E-state index contributed by atoms with van der Waals surface area (Å²) in [4.78, 5) is 5.92. The highest BCUT2D eigenvalue weighted by molar-refractivity contribution is 7.17. The van der Waals surface area contributed by atoms with Crippen LogP contribution in [0.1, 0.15) is 28.5 Å². The Bertz CT molecular complexity index is 712. The second-order valence-electron chi connectivity index (χ2n) is 4.71. The van der Waals surface area contributed by atoms with Crippen molar-refractivity contribution in [2.75, 3.05) is 5.32 Å². The maximum Gasteiger partial charge on any atom is 0.0901 e. The van der Waals surface area contributed by atoms with Crippen LogP contribution in [-0.4, -0.2) is 4.98 Å². The second kappa shape index (κ2) is 4.94. The van der Waals surface area contributed by atoms with Gasteiger partial charge in [-0.2, -0.15) is 0 Å². The third-order valence-electron chi connectivity index (χ3n) is 3.19. The molecule has 1 N–H and O–H groups in total. The highest BCUT2D eigenvalue weighted by atomic mass is 32.1. The number of aromatic nitrogens is 1. The van der Waals surface area contributed by atoms with Crippen LogP contribution in [0.25, 0.3) is 10.1 Å². The van der Waals surface area contributed by atoms with Crippen molar-refractivity contribution in [1.29, 1.82) is 0 Å². The maximum absolute atomic E-state index is 4.62. The predicted molar refractivity (Wildman–Crippen MR) is 85.5 cm³/mol. The van der Waals surface area contributed by atoms with E-state index in [4.69, 9.17) is 0 Å². The van der Waals surface area contributed by atoms with E-state index < -0.39 is 0 Å². The molecule has 0 aliphatic heterocycles. The number of thiazole rings is 1. The summed E-state index contributed by atoms with van der Waals surface area (Å²) in [5.74, 6) is 0. The molecular formula is C15H16N2S2. The number of benzene rings is 1. The molecule has 3 rings (SSSR count). The average Bonchev–Trinajstić information content (AvgIpc) is 2.94. The van der Waals surface area contributed by atoms with Crippen molar-refractivity contribution in [2.45, 2.75) is 26.8 Å². The summed E-state index contributed by atoms with van der Waals surface area (Å²) in [6, 6.07) is 8.92. The Morgan fingerprint density at radius 3 is 2.79 bits per heavy atom. The number of rotatable bonds is 3. The summed E-state index contributed by atoms with van der Waals surface area (Å²) >= 11 is 3.54. The second-order valence-corrected chi connectivity index (χ2v) is 7.07. The van der Waals surface area contributed by atoms with Crippen molar-refractivity contribution >= 4 is 38.4 Å². The number of thiophene rings is 1. The standard InChI is InChI=1S/C15H16N2S2/c1-9(15-10(2)19-11(3)17-15)16-13-4-5-14-12(8-13)6-7-18-14/h4-9,16H,1-3H3. The van der Waals surface area contributed by atoms with E-state index in [1.165, 1.54) is 15.0 Å². The Balaban J connectivity index is 1.85. The van der Waals surface area contributed by atoms with Crippen LogP contribution in [-0.2, 0) is 0 Å². The maximum atomic E-state index is 4.62. The minimum Gasteiger partial charge on any atom is -0.377 e. The predicted octanol–water partition coefficient (Wildman–Crippen LogP) is 5.15. The van der Waals surface area contributed by atoms with E-state index in [-0.39, 0.29) is 6.04 Å². The van der Waals surface area contributed by atoms with Crippen molar-refractivity contribution in [3.05, 3.63) is 45.2 Å². The minimum atomic E-state index is 0.237. The first-order chi connectivity index (χ1) is 9.13. The molecule has 0 saturated heterocycles. The number of aryl methyl sites for hydroxylation is 2. The molecule has 0 amide bonds. The fourth-order valence-corrected chi connectivity index (χ4v) is 4.01. The zero-order valence-electron chi connectivity index (χ0n) is 11.2. The molecule has 2 nitrogen and oxygen atoms in total. The SMILES string of the molecule is Cc1nc(C(C)Nc2ccc3sccc3c2)c(C)s1. The van der Waals surface area contributed by atoms with Gasteiger partial charge in [-0.1, -0.05) is 0 Å². The summed E-state index contributed by atoms with van der Waals surface area (Å²) in [6.45, 7) is 6.37. The molecule has 3 aromatic rings. The van der Waals surface area contributed by atoms with E-state index >= 15 is 0 Å². The third kappa shape index (κ3) is 2.51. The van der Waals surface area contributed by atoms with E-state index in [1.54, 1.807) is 22.7 Å². The lowest BCUT2D eigenvalue weighted by Crippen LogP contribution is -2.08. The number of nitrogens with one attached hydrogen (secondary N) is 1. The van der Waals surface area contributed by atoms with Gasteiger partial charge < -0.3 is 5.32 Å².